The predicted molar refractivity (Wildman–Crippen MR) is 25.9 cm³/mol. The molecule has 2 amide bonds. The van der Waals surface area contributed by atoms with Crippen molar-refractivity contribution in [3.8, 4) is 0 Å². The number of carbonyl (C=O) groups excluding carboxylic acids is 1. The smallest absolute Gasteiger partial charge is 0.353 e. The van der Waals surface area contributed by atoms with Gasteiger partial charge in [-0.1, -0.05) is 0 Å². The standard InChI is InChI=1S/CH5BN2O5/c3-1(5)4-2(8-6)9-7/h6-7H,(H3,3,4,5). The second-order valence-corrected chi connectivity index (χ2v) is 1.05. The lowest BCUT2D eigenvalue weighted by Crippen LogP contribution is -2.45. The van der Waals surface area contributed by atoms with Crippen molar-refractivity contribution in [3.05, 3.63) is 0 Å². The first-order valence-corrected chi connectivity index (χ1v) is 1.87. The topological polar surface area (TPSA) is 114 Å². The Bertz CT molecular complexity index is 93.0. The van der Waals surface area contributed by atoms with Gasteiger partial charge in [0.05, 0.1) is 0 Å². The summed E-state index contributed by atoms with van der Waals surface area (Å²) in [5.41, 5.74) is 4.51. The first-order valence-electron chi connectivity index (χ1n) is 1.87. The number of hydrogen-bond acceptors (Lipinski definition) is 5. The van der Waals surface area contributed by atoms with Crippen LogP contribution in [-0.2, 0) is 9.61 Å². The number of nitrogens with two attached hydrogens (primary N) is 1. The second kappa shape index (κ2) is 4.09. The number of urea groups is 1. The fourth-order valence-corrected chi connectivity index (χ4v) is 0.188. The molecule has 0 saturated carbocycles. The minimum atomic E-state index is -1.64. The Labute approximate surface area is 50.4 Å². The molecular formula is CH5BN2O5. The molecule has 0 fully saturated rings. The summed E-state index contributed by atoms with van der Waals surface area (Å²) in [6.07, 6.45) is 0. The van der Waals surface area contributed by atoms with Crippen LogP contribution in [0, 0.1) is 0 Å². The summed E-state index contributed by atoms with van der Waals surface area (Å²) in [5.74, 6) is 0. The Morgan fingerprint density at radius 3 is 2.11 bits per heavy atom. The van der Waals surface area contributed by atoms with E-state index in [0.717, 1.165) is 0 Å². The highest BCUT2D eigenvalue weighted by atomic mass is 17.2. The van der Waals surface area contributed by atoms with E-state index < -0.39 is 13.3 Å². The van der Waals surface area contributed by atoms with Crippen LogP contribution in [0.15, 0.2) is 0 Å². The minimum Gasteiger partial charge on any atom is -0.353 e. The molecule has 9 heavy (non-hydrogen) atoms. The maximum Gasteiger partial charge on any atom is 0.650 e. The number of rotatable bonds is 3. The number of nitrogens with one attached hydrogen (secondary N) is 1. The Balaban J connectivity index is 3.43. The lowest BCUT2D eigenvalue weighted by molar-refractivity contribution is -0.228. The molecule has 0 radical (unpaired) electrons. The van der Waals surface area contributed by atoms with E-state index in [1.165, 1.54) is 0 Å². The van der Waals surface area contributed by atoms with E-state index in [4.69, 9.17) is 10.5 Å². The molecule has 0 aromatic rings. The third kappa shape index (κ3) is 3.73. The van der Waals surface area contributed by atoms with Crippen LogP contribution in [0.1, 0.15) is 0 Å². The first-order chi connectivity index (χ1) is 4.20. The van der Waals surface area contributed by atoms with Crippen molar-refractivity contribution in [2.24, 2.45) is 5.73 Å². The Kier molecular flexibility index (Phi) is 3.72. The summed E-state index contributed by atoms with van der Waals surface area (Å²) in [6, 6.07) is -0.997. The van der Waals surface area contributed by atoms with E-state index in [0.29, 0.717) is 0 Å². The van der Waals surface area contributed by atoms with E-state index in [2.05, 4.69) is 15.3 Å². The normalized spacial score (nSPS) is 8.67. The Morgan fingerprint density at radius 2 is 2.00 bits per heavy atom. The fraction of sp³-hybridized carbons (Fsp3) is 0. The molecule has 5 N–H and O–H groups in total. The molecule has 7 nitrogen and oxygen atoms in total. The van der Waals surface area contributed by atoms with Gasteiger partial charge in [0.25, 0.3) is 0 Å². The van der Waals surface area contributed by atoms with Crippen LogP contribution in [-0.4, -0.2) is 23.8 Å². The van der Waals surface area contributed by atoms with Crippen molar-refractivity contribution >= 4 is 13.3 Å². The van der Waals surface area contributed by atoms with E-state index in [9.17, 15) is 4.79 Å². The Hall–Kier alpha value is -0.825. The molecule has 0 atom stereocenters. The molecule has 0 spiro atoms. The van der Waals surface area contributed by atoms with Gasteiger partial charge in [-0.2, -0.15) is 0 Å². The first kappa shape index (κ1) is 8.17. The molecule has 0 aliphatic carbocycles. The molecule has 0 unspecified atom stereocenters. The summed E-state index contributed by atoms with van der Waals surface area (Å²) < 4.78 is 0. The second-order valence-electron chi connectivity index (χ2n) is 1.05. The van der Waals surface area contributed by atoms with Crippen molar-refractivity contribution < 1.29 is 24.9 Å². The highest BCUT2D eigenvalue weighted by Crippen LogP contribution is 1.75. The van der Waals surface area contributed by atoms with Gasteiger partial charge in [-0.3, -0.25) is 15.3 Å². The van der Waals surface area contributed by atoms with E-state index in [1.54, 1.807) is 5.23 Å². The van der Waals surface area contributed by atoms with Crippen molar-refractivity contribution in [1.82, 2.24) is 5.23 Å². The number of hydrogen-bond donors (Lipinski definition) is 4. The van der Waals surface area contributed by atoms with Crippen LogP contribution < -0.4 is 11.0 Å². The molecule has 0 aromatic heterocycles. The molecule has 52 valence electrons. The summed E-state index contributed by atoms with van der Waals surface area (Å²) in [5, 5.41) is 17.1. The van der Waals surface area contributed by atoms with Crippen molar-refractivity contribution in [3.63, 3.8) is 0 Å². The van der Waals surface area contributed by atoms with Crippen molar-refractivity contribution in [2.45, 2.75) is 0 Å². The lowest BCUT2D eigenvalue weighted by Gasteiger charge is -2.01. The molecule has 0 heterocycles. The van der Waals surface area contributed by atoms with Crippen LogP contribution in [0.25, 0.3) is 0 Å². The average Bonchev–Trinajstić information content (AvgIpc) is 1.82. The monoisotopic (exact) mass is 136 g/mol. The van der Waals surface area contributed by atoms with Gasteiger partial charge in [0.2, 0.25) is 0 Å². The number of carbonyl (C=O) groups is 1. The maximum absolute atomic E-state index is 9.86. The van der Waals surface area contributed by atoms with Gasteiger partial charge in [-0.25, -0.2) is 9.61 Å². The highest BCUT2D eigenvalue weighted by molar-refractivity contribution is 6.44. The van der Waals surface area contributed by atoms with E-state index in [-0.39, 0.29) is 0 Å². The molecular weight excluding hydrogens is 131 g/mol. The molecule has 8 heteroatoms. The van der Waals surface area contributed by atoms with Crippen molar-refractivity contribution in [2.75, 3.05) is 0 Å². The summed E-state index contributed by atoms with van der Waals surface area (Å²) >= 11 is 0. The van der Waals surface area contributed by atoms with Gasteiger partial charge < -0.3 is 11.0 Å². The number of amides is 2. The lowest BCUT2D eigenvalue weighted by atomic mass is 10.1. The van der Waals surface area contributed by atoms with Crippen LogP contribution in [0.4, 0.5) is 4.79 Å². The SMILES string of the molecule is NC(=O)NB(OO)OO. The van der Waals surface area contributed by atoms with Gasteiger partial charge in [0, 0.05) is 0 Å². The third-order valence-electron chi connectivity index (χ3n) is 0.452. The zero-order valence-corrected chi connectivity index (χ0v) is 4.27. The van der Waals surface area contributed by atoms with E-state index in [1.807, 2.05) is 0 Å². The Morgan fingerprint density at radius 1 is 1.56 bits per heavy atom. The van der Waals surface area contributed by atoms with Gasteiger partial charge in [0.1, 0.15) is 0 Å². The van der Waals surface area contributed by atoms with Crippen LogP contribution in [0.2, 0.25) is 0 Å². The number of primary amides is 1. The fourth-order valence-electron chi connectivity index (χ4n) is 0.188. The zero-order chi connectivity index (χ0) is 7.28. The van der Waals surface area contributed by atoms with Gasteiger partial charge in [-0.05, 0) is 0 Å². The van der Waals surface area contributed by atoms with E-state index >= 15 is 0 Å². The summed E-state index contributed by atoms with van der Waals surface area (Å²) in [7, 11) is -1.64. The van der Waals surface area contributed by atoms with Gasteiger partial charge >= 0.3 is 13.3 Å². The molecule has 0 aliphatic rings. The third-order valence-corrected chi connectivity index (χ3v) is 0.452. The quantitative estimate of drug-likeness (QED) is 0.217. The van der Waals surface area contributed by atoms with Gasteiger partial charge in [0.15, 0.2) is 0 Å². The molecule has 0 aliphatic heterocycles. The largest absolute Gasteiger partial charge is 0.650 e. The van der Waals surface area contributed by atoms with Crippen LogP contribution >= 0.6 is 0 Å². The minimum absolute atomic E-state index is 0.997. The maximum atomic E-state index is 9.86. The summed E-state index contributed by atoms with van der Waals surface area (Å²) in [6.45, 7) is 0. The van der Waals surface area contributed by atoms with Crippen molar-refractivity contribution in [1.29, 1.82) is 0 Å². The molecule has 0 rings (SSSR count). The van der Waals surface area contributed by atoms with Crippen LogP contribution in [0.3, 0.4) is 0 Å². The van der Waals surface area contributed by atoms with Gasteiger partial charge in [-0.15, -0.1) is 0 Å². The summed E-state index contributed by atoms with van der Waals surface area (Å²) in [4.78, 5) is 16.5. The predicted octanol–water partition coefficient (Wildman–Crippen LogP) is -1.38. The zero-order valence-electron chi connectivity index (χ0n) is 4.27. The molecule has 0 bridgehead atoms. The van der Waals surface area contributed by atoms with Crippen LogP contribution in [0.5, 0.6) is 0 Å². The molecule has 0 saturated heterocycles. The average molecular weight is 136 g/mol. The molecule has 0 aromatic carbocycles. The highest BCUT2D eigenvalue weighted by Gasteiger charge is 2.20.